The van der Waals surface area contributed by atoms with Crippen LogP contribution >= 0.6 is 0 Å². The number of carbonyl (C=O) groups is 2. The third kappa shape index (κ3) is 2.79. The Morgan fingerprint density at radius 2 is 2.00 bits per heavy atom. The smallest absolute Gasteiger partial charge is 0.356 e. The van der Waals surface area contributed by atoms with Crippen LogP contribution in [-0.2, 0) is 4.74 Å². The number of aromatic nitrogens is 2. The first kappa shape index (κ1) is 15.5. The van der Waals surface area contributed by atoms with E-state index in [-0.39, 0.29) is 11.6 Å². The van der Waals surface area contributed by atoms with E-state index >= 15 is 0 Å². The van der Waals surface area contributed by atoms with Crippen molar-refractivity contribution >= 4 is 17.5 Å². The largest absolute Gasteiger partial charge is 0.476 e. The van der Waals surface area contributed by atoms with E-state index in [1.54, 1.807) is 22.7 Å². The third-order valence-electron chi connectivity index (χ3n) is 4.37. The quantitative estimate of drug-likeness (QED) is 0.866. The van der Waals surface area contributed by atoms with Crippen LogP contribution in [0.1, 0.15) is 45.4 Å². The van der Waals surface area contributed by atoms with Gasteiger partial charge in [0.1, 0.15) is 5.82 Å². The summed E-state index contributed by atoms with van der Waals surface area (Å²) >= 11 is 0. The van der Waals surface area contributed by atoms with Gasteiger partial charge in [0.25, 0.3) is 0 Å². The molecule has 23 heavy (non-hydrogen) atoms. The normalized spacial score (nSPS) is 16.6. The van der Waals surface area contributed by atoms with Gasteiger partial charge in [0, 0.05) is 12.1 Å². The summed E-state index contributed by atoms with van der Waals surface area (Å²) in [6.07, 6.45) is 3.45. The highest BCUT2D eigenvalue weighted by atomic mass is 16.5. The minimum Gasteiger partial charge on any atom is -0.476 e. The maximum Gasteiger partial charge on any atom is 0.356 e. The van der Waals surface area contributed by atoms with Crippen LogP contribution in [0.25, 0.3) is 5.52 Å². The van der Waals surface area contributed by atoms with Gasteiger partial charge < -0.3 is 19.1 Å². The third-order valence-corrected chi connectivity index (χ3v) is 4.37. The molecule has 0 atom stereocenters. The standard InChI is InChI=1S/C16H19N3O4/c1-18-7-5-10(6-8-18)14-17-13(15(20)21)12-4-3-11(9-19(12)14)16(22)23-2/h3-4,9-10H,5-8H2,1-2H3,(H,20,21). The first-order valence-electron chi connectivity index (χ1n) is 7.53. The Morgan fingerprint density at radius 1 is 1.30 bits per heavy atom. The average Bonchev–Trinajstić information content (AvgIpc) is 2.94. The zero-order valence-electron chi connectivity index (χ0n) is 13.2. The molecule has 0 amide bonds. The van der Waals surface area contributed by atoms with Crippen molar-refractivity contribution in [3.63, 3.8) is 0 Å². The first-order valence-corrected chi connectivity index (χ1v) is 7.53. The number of carboxylic acids is 1. The molecule has 122 valence electrons. The molecule has 0 radical (unpaired) electrons. The maximum absolute atomic E-state index is 11.7. The summed E-state index contributed by atoms with van der Waals surface area (Å²) in [5, 5.41) is 9.39. The minimum absolute atomic E-state index is 0.0235. The SMILES string of the molecule is COC(=O)c1ccc2c(C(=O)O)nc(C3CCN(C)CC3)n2c1. The zero-order chi connectivity index (χ0) is 16.6. The molecule has 0 spiro atoms. The Labute approximate surface area is 133 Å². The van der Waals surface area contributed by atoms with Gasteiger partial charge in [-0.15, -0.1) is 0 Å². The lowest BCUT2D eigenvalue weighted by molar-refractivity contribution is 0.0599. The molecule has 1 aliphatic heterocycles. The molecule has 3 heterocycles. The van der Waals surface area contributed by atoms with Gasteiger partial charge in [0.05, 0.1) is 18.2 Å². The van der Waals surface area contributed by atoms with Crippen molar-refractivity contribution in [2.75, 3.05) is 27.2 Å². The monoisotopic (exact) mass is 317 g/mol. The molecule has 7 heteroatoms. The highest BCUT2D eigenvalue weighted by Crippen LogP contribution is 2.29. The van der Waals surface area contributed by atoms with E-state index < -0.39 is 11.9 Å². The van der Waals surface area contributed by atoms with Crippen LogP contribution in [0.15, 0.2) is 18.3 Å². The lowest BCUT2D eigenvalue weighted by Gasteiger charge is -2.28. The molecule has 1 saturated heterocycles. The Morgan fingerprint density at radius 3 is 2.61 bits per heavy atom. The van der Waals surface area contributed by atoms with E-state index in [1.807, 2.05) is 0 Å². The van der Waals surface area contributed by atoms with Crippen LogP contribution in [-0.4, -0.2) is 58.6 Å². The molecule has 7 nitrogen and oxygen atoms in total. The molecular formula is C16H19N3O4. The number of methoxy groups -OCH3 is 1. The second-order valence-corrected chi connectivity index (χ2v) is 5.87. The van der Waals surface area contributed by atoms with E-state index in [4.69, 9.17) is 4.74 Å². The van der Waals surface area contributed by atoms with Gasteiger partial charge in [0.2, 0.25) is 0 Å². The number of carboxylic acid groups (broad SMARTS) is 1. The molecule has 1 fully saturated rings. The lowest BCUT2D eigenvalue weighted by Crippen LogP contribution is -2.30. The predicted octanol–water partition coefficient (Wildman–Crippen LogP) is 1.63. The summed E-state index contributed by atoms with van der Waals surface area (Å²) < 4.78 is 6.47. The van der Waals surface area contributed by atoms with Gasteiger partial charge in [-0.25, -0.2) is 14.6 Å². The number of likely N-dealkylation sites (tertiary alicyclic amines) is 1. The number of esters is 1. The molecule has 1 aliphatic rings. The number of pyridine rings is 1. The molecule has 3 rings (SSSR count). The molecule has 2 aromatic rings. The fraction of sp³-hybridized carbons (Fsp3) is 0.438. The Hall–Kier alpha value is -2.41. The summed E-state index contributed by atoms with van der Waals surface area (Å²) in [5.41, 5.74) is 0.901. The Kier molecular flexibility index (Phi) is 4.04. The van der Waals surface area contributed by atoms with Crippen molar-refractivity contribution in [3.05, 3.63) is 35.4 Å². The Balaban J connectivity index is 2.11. The maximum atomic E-state index is 11.7. The number of piperidine rings is 1. The predicted molar refractivity (Wildman–Crippen MR) is 83.0 cm³/mol. The lowest BCUT2D eigenvalue weighted by atomic mass is 9.96. The van der Waals surface area contributed by atoms with Crippen molar-refractivity contribution in [1.29, 1.82) is 0 Å². The molecule has 0 saturated carbocycles. The van der Waals surface area contributed by atoms with Crippen molar-refractivity contribution in [1.82, 2.24) is 14.3 Å². The summed E-state index contributed by atoms with van der Waals surface area (Å²) in [5.74, 6) is -0.629. The van der Waals surface area contributed by atoms with Crippen molar-refractivity contribution < 1.29 is 19.4 Å². The summed E-state index contributed by atoms with van der Waals surface area (Å²) in [6.45, 7) is 1.89. The van der Waals surface area contributed by atoms with E-state index in [0.717, 1.165) is 25.9 Å². The van der Waals surface area contributed by atoms with Crippen LogP contribution in [0.4, 0.5) is 0 Å². The second-order valence-electron chi connectivity index (χ2n) is 5.87. The average molecular weight is 317 g/mol. The number of hydrogen-bond donors (Lipinski definition) is 1. The Bertz CT molecular complexity index is 760. The molecule has 0 aromatic carbocycles. The minimum atomic E-state index is -1.06. The van der Waals surface area contributed by atoms with E-state index in [9.17, 15) is 14.7 Å². The number of hydrogen-bond acceptors (Lipinski definition) is 5. The highest BCUT2D eigenvalue weighted by Gasteiger charge is 2.26. The van der Waals surface area contributed by atoms with Crippen molar-refractivity contribution in [2.24, 2.45) is 0 Å². The molecule has 2 aromatic heterocycles. The molecular weight excluding hydrogens is 298 g/mol. The first-order chi connectivity index (χ1) is 11.0. The molecule has 0 bridgehead atoms. The van der Waals surface area contributed by atoms with Gasteiger partial charge >= 0.3 is 11.9 Å². The summed E-state index contributed by atoms with van der Waals surface area (Å²) in [6, 6.07) is 3.18. The summed E-state index contributed by atoms with van der Waals surface area (Å²) in [4.78, 5) is 29.8. The number of imidazole rings is 1. The van der Waals surface area contributed by atoms with Crippen LogP contribution in [0.3, 0.4) is 0 Å². The number of rotatable bonds is 3. The number of fused-ring (bicyclic) bond motifs is 1. The molecule has 0 aliphatic carbocycles. The van der Waals surface area contributed by atoms with Gasteiger partial charge in [-0.05, 0) is 45.1 Å². The molecule has 0 unspecified atom stereocenters. The number of ether oxygens (including phenoxy) is 1. The van der Waals surface area contributed by atoms with E-state index in [1.165, 1.54) is 7.11 Å². The highest BCUT2D eigenvalue weighted by molar-refractivity contribution is 5.95. The van der Waals surface area contributed by atoms with Crippen molar-refractivity contribution in [2.45, 2.75) is 18.8 Å². The van der Waals surface area contributed by atoms with E-state index in [0.29, 0.717) is 16.9 Å². The van der Waals surface area contributed by atoms with Crippen molar-refractivity contribution in [3.8, 4) is 0 Å². The number of nitrogens with zero attached hydrogens (tertiary/aromatic N) is 3. The van der Waals surface area contributed by atoms with Crippen LogP contribution < -0.4 is 0 Å². The fourth-order valence-electron chi connectivity index (χ4n) is 3.06. The zero-order valence-corrected chi connectivity index (χ0v) is 13.2. The van der Waals surface area contributed by atoms with E-state index in [2.05, 4.69) is 16.9 Å². The van der Waals surface area contributed by atoms with Crippen LogP contribution in [0, 0.1) is 0 Å². The van der Waals surface area contributed by atoms with Gasteiger partial charge in [0.15, 0.2) is 5.69 Å². The molecule has 1 N–H and O–H groups in total. The topological polar surface area (TPSA) is 84.1 Å². The number of aromatic carboxylic acids is 1. The number of carbonyl (C=O) groups excluding carboxylic acids is 1. The van der Waals surface area contributed by atoms with Gasteiger partial charge in [-0.1, -0.05) is 0 Å². The van der Waals surface area contributed by atoms with Crippen LogP contribution in [0.5, 0.6) is 0 Å². The van der Waals surface area contributed by atoms with Gasteiger partial charge in [-0.2, -0.15) is 0 Å². The van der Waals surface area contributed by atoms with Crippen LogP contribution in [0.2, 0.25) is 0 Å². The second kappa shape index (κ2) is 6.00. The fourth-order valence-corrected chi connectivity index (χ4v) is 3.06. The van der Waals surface area contributed by atoms with Gasteiger partial charge in [-0.3, -0.25) is 0 Å². The summed E-state index contributed by atoms with van der Waals surface area (Å²) in [7, 11) is 3.39.